The van der Waals surface area contributed by atoms with Crippen molar-refractivity contribution in [2.45, 2.75) is 38.1 Å². The van der Waals surface area contributed by atoms with E-state index < -0.39 is 0 Å². The molecule has 3 aromatic carbocycles. The Morgan fingerprint density at radius 2 is 1.55 bits per heavy atom. The number of hydrogen-bond donors (Lipinski definition) is 2. The van der Waals surface area contributed by atoms with Gasteiger partial charge in [0.05, 0.1) is 7.11 Å². The fraction of sp³-hybridized carbons (Fsp3) is 0.379. The van der Waals surface area contributed by atoms with Crippen LogP contribution in [0.5, 0.6) is 5.75 Å². The van der Waals surface area contributed by atoms with Gasteiger partial charge in [0.2, 0.25) is 0 Å². The van der Waals surface area contributed by atoms with Crippen molar-refractivity contribution in [3.05, 3.63) is 101 Å². The van der Waals surface area contributed by atoms with Gasteiger partial charge >= 0.3 is 0 Å². The summed E-state index contributed by atoms with van der Waals surface area (Å²) in [4.78, 5) is 0. The van der Waals surface area contributed by atoms with Crippen molar-refractivity contribution >= 4 is 0 Å². The first-order valence-corrected chi connectivity index (χ1v) is 11.9. The molecule has 174 valence electrons. The molecular weight excluding hydrogens is 408 g/mol. The number of ether oxygens (including phenoxy) is 1. The Morgan fingerprint density at radius 3 is 2.06 bits per heavy atom. The van der Waals surface area contributed by atoms with Gasteiger partial charge in [0.1, 0.15) is 5.75 Å². The maximum absolute atomic E-state index is 9.96. The third-order valence-corrected chi connectivity index (χ3v) is 7.32. The number of hydrogen-bond acceptors (Lipinski definition) is 4. The van der Waals surface area contributed by atoms with Crippen LogP contribution in [0, 0.1) is 19.8 Å². The van der Waals surface area contributed by atoms with E-state index in [4.69, 9.17) is 4.74 Å². The van der Waals surface area contributed by atoms with Crippen LogP contribution in [0.25, 0.3) is 0 Å². The molecule has 0 amide bonds. The summed E-state index contributed by atoms with van der Waals surface area (Å²) >= 11 is 0. The minimum absolute atomic E-state index is 0.160. The summed E-state index contributed by atoms with van der Waals surface area (Å²) in [6.45, 7) is 5.36. The van der Waals surface area contributed by atoms with E-state index in [2.05, 4.69) is 97.1 Å². The molecule has 4 heteroatoms. The molecule has 3 atom stereocenters. The number of aryl methyl sites for hydroxylation is 2. The maximum Gasteiger partial charge on any atom is 0.122 e. The monoisotopic (exact) mass is 444 g/mol. The lowest BCUT2D eigenvalue weighted by molar-refractivity contribution is 0.165. The zero-order chi connectivity index (χ0) is 23.4. The molecule has 4 nitrogen and oxygen atoms in total. The molecule has 3 unspecified atom stereocenters. The average Bonchev–Trinajstić information content (AvgIpc) is 3.20. The highest BCUT2D eigenvalue weighted by Gasteiger charge is 2.47. The number of nitrogens with zero attached hydrogens (tertiary/aromatic N) is 1. The molecule has 0 bridgehead atoms. The van der Waals surface area contributed by atoms with Crippen LogP contribution in [0.3, 0.4) is 0 Å². The average molecular weight is 445 g/mol. The standard InChI is InChI=1S/C29H36N2O2/c1-20-17-25(26(33-4)18-21(20)2)28-24(15-16-32)19-31(30-3)29(28)27(22-11-7-5-8-12-22)23-13-9-6-10-14-23/h5-14,17-18,24,27-30,32H,15-16,19H2,1-4H3. The molecule has 0 aliphatic carbocycles. The number of nitrogens with one attached hydrogen (secondary N) is 1. The van der Waals surface area contributed by atoms with Crippen molar-refractivity contribution in [2.24, 2.45) is 5.92 Å². The zero-order valence-corrected chi connectivity index (χ0v) is 20.2. The van der Waals surface area contributed by atoms with Crippen LogP contribution in [0.4, 0.5) is 0 Å². The van der Waals surface area contributed by atoms with E-state index >= 15 is 0 Å². The number of methoxy groups -OCH3 is 1. The van der Waals surface area contributed by atoms with Crippen LogP contribution in [0.1, 0.15) is 46.1 Å². The Balaban J connectivity index is 1.93. The lowest BCUT2D eigenvalue weighted by atomic mass is 9.73. The smallest absolute Gasteiger partial charge is 0.122 e. The van der Waals surface area contributed by atoms with Gasteiger partial charge < -0.3 is 9.84 Å². The number of benzene rings is 3. The molecule has 1 saturated heterocycles. The minimum Gasteiger partial charge on any atom is -0.496 e. The van der Waals surface area contributed by atoms with E-state index in [-0.39, 0.29) is 24.5 Å². The van der Waals surface area contributed by atoms with Gasteiger partial charge in [-0.3, -0.25) is 5.43 Å². The molecule has 0 radical (unpaired) electrons. The first kappa shape index (κ1) is 23.5. The normalized spacial score (nSPS) is 21.0. The third-order valence-electron chi connectivity index (χ3n) is 7.32. The Labute approximate surface area is 198 Å². The fourth-order valence-corrected chi connectivity index (χ4v) is 5.62. The topological polar surface area (TPSA) is 44.7 Å². The molecule has 3 aromatic rings. The number of hydrazine groups is 1. The lowest BCUT2D eigenvalue weighted by Crippen LogP contribution is -2.44. The third kappa shape index (κ3) is 4.70. The predicted octanol–water partition coefficient (Wildman–Crippen LogP) is 5.04. The van der Waals surface area contributed by atoms with E-state index in [9.17, 15) is 5.11 Å². The lowest BCUT2D eigenvalue weighted by Gasteiger charge is -2.36. The van der Waals surface area contributed by atoms with Crippen molar-refractivity contribution in [3.63, 3.8) is 0 Å². The summed E-state index contributed by atoms with van der Waals surface area (Å²) in [7, 11) is 3.77. The van der Waals surface area contributed by atoms with E-state index in [1.165, 1.54) is 27.8 Å². The van der Waals surface area contributed by atoms with E-state index in [1.54, 1.807) is 7.11 Å². The van der Waals surface area contributed by atoms with Crippen LogP contribution in [0.2, 0.25) is 0 Å². The second kappa shape index (κ2) is 10.5. The Bertz CT molecular complexity index is 999. The highest BCUT2D eigenvalue weighted by Crippen LogP contribution is 2.49. The van der Waals surface area contributed by atoms with Gasteiger partial charge in [-0.15, -0.1) is 0 Å². The van der Waals surface area contributed by atoms with Gasteiger partial charge in [0.25, 0.3) is 0 Å². The Kier molecular flexibility index (Phi) is 7.49. The highest BCUT2D eigenvalue weighted by molar-refractivity contribution is 5.47. The van der Waals surface area contributed by atoms with Crippen LogP contribution in [0.15, 0.2) is 72.8 Å². The van der Waals surface area contributed by atoms with Crippen molar-refractivity contribution in [1.82, 2.24) is 10.4 Å². The molecule has 0 spiro atoms. The molecule has 1 heterocycles. The van der Waals surface area contributed by atoms with Crippen LogP contribution in [-0.4, -0.2) is 43.5 Å². The molecule has 0 saturated carbocycles. The summed E-state index contributed by atoms with van der Waals surface area (Å²) < 4.78 is 5.93. The SMILES string of the molecule is CNN1CC(CCO)C(c2cc(C)c(C)cc2OC)C1C(c1ccccc1)c1ccccc1. The molecule has 4 rings (SSSR count). The van der Waals surface area contributed by atoms with Crippen LogP contribution >= 0.6 is 0 Å². The summed E-state index contributed by atoms with van der Waals surface area (Å²) in [5.41, 5.74) is 9.83. The maximum atomic E-state index is 9.96. The molecule has 1 aliphatic heterocycles. The van der Waals surface area contributed by atoms with Crippen LogP contribution in [-0.2, 0) is 0 Å². The summed E-state index contributed by atoms with van der Waals surface area (Å²) in [5.74, 6) is 1.61. The summed E-state index contributed by atoms with van der Waals surface area (Å²) in [5, 5.41) is 12.3. The first-order chi connectivity index (χ1) is 16.1. The van der Waals surface area contributed by atoms with Gasteiger partial charge in [-0.1, -0.05) is 66.7 Å². The van der Waals surface area contributed by atoms with E-state index in [0.717, 1.165) is 18.7 Å². The summed E-state index contributed by atoms with van der Waals surface area (Å²) in [6.07, 6.45) is 0.756. The Morgan fingerprint density at radius 1 is 0.970 bits per heavy atom. The quantitative estimate of drug-likeness (QED) is 0.511. The predicted molar refractivity (Wildman–Crippen MR) is 135 cm³/mol. The molecule has 0 aromatic heterocycles. The molecule has 1 fully saturated rings. The zero-order valence-electron chi connectivity index (χ0n) is 20.2. The van der Waals surface area contributed by atoms with Crippen molar-refractivity contribution < 1.29 is 9.84 Å². The van der Waals surface area contributed by atoms with Crippen molar-refractivity contribution in [3.8, 4) is 5.75 Å². The molecule has 1 aliphatic rings. The summed E-state index contributed by atoms with van der Waals surface area (Å²) in [6, 6.07) is 26.2. The fourth-order valence-electron chi connectivity index (χ4n) is 5.62. The largest absolute Gasteiger partial charge is 0.496 e. The van der Waals surface area contributed by atoms with Gasteiger partial charge in [-0.05, 0) is 67.1 Å². The molecule has 2 N–H and O–H groups in total. The van der Waals surface area contributed by atoms with Crippen molar-refractivity contribution in [1.29, 1.82) is 0 Å². The van der Waals surface area contributed by atoms with Gasteiger partial charge in [0, 0.05) is 31.0 Å². The minimum atomic E-state index is 0.160. The number of aliphatic hydroxyl groups excluding tert-OH is 1. The highest BCUT2D eigenvalue weighted by atomic mass is 16.5. The number of aliphatic hydroxyl groups is 1. The van der Waals surface area contributed by atoms with Gasteiger partial charge in [-0.2, -0.15) is 0 Å². The van der Waals surface area contributed by atoms with E-state index in [0.29, 0.717) is 5.92 Å². The Hall–Kier alpha value is -2.66. The van der Waals surface area contributed by atoms with Gasteiger partial charge in [0.15, 0.2) is 0 Å². The molecule has 33 heavy (non-hydrogen) atoms. The second-order valence-corrected chi connectivity index (χ2v) is 9.14. The second-order valence-electron chi connectivity index (χ2n) is 9.14. The van der Waals surface area contributed by atoms with E-state index in [1.807, 2.05) is 7.05 Å². The first-order valence-electron chi connectivity index (χ1n) is 11.9. The van der Waals surface area contributed by atoms with Gasteiger partial charge in [-0.25, -0.2) is 5.01 Å². The number of rotatable bonds is 8. The molecular formula is C29H36N2O2. The van der Waals surface area contributed by atoms with Crippen LogP contribution < -0.4 is 10.2 Å². The van der Waals surface area contributed by atoms with Crippen molar-refractivity contribution in [2.75, 3.05) is 27.3 Å².